The third-order valence-electron chi connectivity index (χ3n) is 3.08. The van der Waals surface area contributed by atoms with Crippen LogP contribution in [0, 0.1) is 0 Å². The first-order valence-electron chi connectivity index (χ1n) is 6.65. The number of halogens is 1. The van der Waals surface area contributed by atoms with E-state index < -0.39 is 0 Å². The first kappa shape index (κ1) is 15.2. The molecule has 20 heavy (non-hydrogen) atoms. The number of carbonyl (C=O) groups is 1. The van der Waals surface area contributed by atoms with Crippen LogP contribution in [-0.4, -0.2) is 24.3 Å². The van der Waals surface area contributed by atoms with Crippen LogP contribution < -0.4 is 0 Å². The molecule has 106 valence electrons. The molecule has 2 nitrogen and oxygen atoms in total. The van der Waals surface area contributed by atoms with E-state index in [1.807, 2.05) is 35.7 Å². The zero-order valence-electron chi connectivity index (χ0n) is 11.5. The molecule has 0 radical (unpaired) electrons. The number of thiophene rings is 1. The van der Waals surface area contributed by atoms with E-state index in [0.717, 1.165) is 29.4 Å². The summed E-state index contributed by atoms with van der Waals surface area (Å²) in [5, 5.41) is 2.71. The van der Waals surface area contributed by atoms with E-state index in [2.05, 4.69) is 18.0 Å². The van der Waals surface area contributed by atoms with Gasteiger partial charge in [-0.05, 0) is 49.2 Å². The van der Waals surface area contributed by atoms with Gasteiger partial charge in [0.05, 0.1) is 4.88 Å². The SMILES string of the molecule is CN(CCCC(=O)c1cccs1)Cc1cccc(Cl)c1. The topological polar surface area (TPSA) is 20.3 Å². The average molecular weight is 308 g/mol. The molecule has 1 aromatic heterocycles. The van der Waals surface area contributed by atoms with Crippen LogP contribution >= 0.6 is 22.9 Å². The van der Waals surface area contributed by atoms with Crippen LogP contribution in [0.25, 0.3) is 0 Å². The van der Waals surface area contributed by atoms with Crippen LogP contribution in [0.15, 0.2) is 41.8 Å². The summed E-state index contributed by atoms with van der Waals surface area (Å²) >= 11 is 7.49. The van der Waals surface area contributed by atoms with E-state index in [4.69, 9.17) is 11.6 Å². The predicted octanol–water partition coefficient (Wildman–Crippen LogP) is 4.50. The summed E-state index contributed by atoms with van der Waals surface area (Å²) in [5.41, 5.74) is 1.20. The van der Waals surface area contributed by atoms with E-state index in [9.17, 15) is 4.79 Å². The molecule has 0 spiro atoms. The standard InChI is InChI=1S/C16H18ClNOS/c1-18(12-13-5-2-6-14(17)11-13)9-3-7-15(19)16-8-4-10-20-16/h2,4-6,8,10-11H,3,7,9,12H2,1H3. The number of rotatable bonds is 7. The summed E-state index contributed by atoms with van der Waals surface area (Å²) in [4.78, 5) is 14.9. The van der Waals surface area contributed by atoms with Crippen LogP contribution in [-0.2, 0) is 6.54 Å². The quantitative estimate of drug-likeness (QED) is 0.702. The van der Waals surface area contributed by atoms with Gasteiger partial charge in [0.15, 0.2) is 5.78 Å². The maximum atomic E-state index is 11.9. The number of benzene rings is 1. The van der Waals surface area contributed by atoms with Crippen molar-refractivity contribution >= 4 is 28.7 Å². The van der Waals surface area contributed by atoms with Crippen LogP contribution in [0.2, 0.25) is 5.02 Å². The van der Waals surface area contributed by atoms with Crippen LogP contribution in [0.1, 0.15) is 28.1 Å². The van der Waals surface area contributed by atoms with Crippen LogP contribution in [0.4, 0.5) is 0 Å². The van der Waals surface area contributed by atoms with Crippen molar-refractivity contribution < 1.29 is 4.79 Å². The molecule has 0 amide bonds. The Labute approximate surface area is 129 Å². The molecule has 0 saturated carbocycles. The Morgan fingerprint density at radius 1 is 1.30 bits per heavy atom. The molecule has 0 unspecified atom stereocenters. The molecule has 1 heterocycles. The second-order valence-corrected chi connectivity index (χ2v) is 6.26. The number of carbonyl (C=O) groups excluding carboxylic acids is 1. The van der Waals surface area contributed by atoms with Gasteiger partial charge in [-0.3, -0.25) is 4.79 Å². The van der Waals surface area contributed by atoms with E-state index in [0.29, 0.717) is 6.42 Å². The minimum absolute atomic E-state index is 0.246. The Bertz CT molecular complexity index is 553. The first-order valence-corrected chi connectivity index (χ1v) is 7.90. The molecule has 0 bridgehead atoms. The monoisotopic (exact) mass is 307 g/mol. The van der Waals surface area contributed by atoms with Gasteiger partial charge in [-0.15, -0.1) is 11.3 Å². The number of Topliss-reactive ketones (excluding diaryl/α,β-unsaturated/α-hetero) is 1. The fourth-order valence-corrected chi connectivity index (χ4v) is 3.00. The highest BCUT2D eigenvalue weighted by atomic mass is 35.5. The number of nitrogens with zero attached hydrogens (tertiary/aromatic N) is 1. The maximum Gasteiger partial charge on any atom is 0.172 e. The zero-order chi connectivity index (χ0) is 14.4. The third-order valence-corrected chi connectivity index (χ3v) is 4.23. The lowest BCUT2D eigenvalue weighted by molar-refractivity contribution is 0.0980. The summed E-state index contributed by atoms with van der Waals surface area (Å²) in [6.45, 7) is 1.76. The van der Waals surface area contributed by atoms with Gasteiger partial charge in [-0.25, -0.2) is 0 Å². The lowest BCUT2D eigenvalue weighted by atomic mass is 10.1. The van der Waals surface area contributed by atoms with Gasteiger partial charge in [0.25, 0.3) is 0 Å². The largest absolute Gasteiger partial charge is 0.302 e. The molecule has 2 aromatic rings. The summed E-state index contributed by atoms with van der Waals surface area (Å²) in [6.07, 6.45) is 1.49. The van der Waals surface area contributed by atoms with Crippen LogP contribution in [0.3, 0.4) is 0 Å². The van der Waals surface area contributed by atoms with Crippen molar-refractivity contribution in [3.8, 4) is 0 Å². The highest BCUT2D eigenvalue weighted by Gasteiger charge is 2.07. The Morgan fingerprint density at radius 2 is 2.15 bits per heavy atom. The molecule has 0 N–H and O–H groups in total. The van der Waals surface area contributed by atoms with Crippen molar-refractivity contribution in [2.75, 3.05) is 13.6 Å². The van der Waals surface area contributed by atoms with Crippen molar-refractivity contribution in [1.82, 2.24) is 4.90 Å². The molecule has 0 atom stereocenters. The average Bonchev–Trinajstić information content (AvgIpc) is 2.92. The van der Waals surface area contributed by atoms with Gasteiger partial charge < -0.3 is 4.90 Å². The van der Waals surface area contributed by atoms with Crippen molar-refractivity contribution in [3.63, 3.8) is 0 Å². The van der Waals surface area contributed by atoms with Crippen molar-refractivity contribution in [3.05, 3.63) is 57.2 Å². The third kappa shape index (κ3) is 4.75. The predicted molar refractivity (Wildman–Crippen MR) is 85.7 cm³/mol. The smallest absolute Gasteiger partial charge is 0.172 e. The van der Waals surface area contributed by atoms with Gasteiger partial charge in [-0.2, -0.15) is 0 Å². The van der Waals surface area contributed by atoms with Gasteiger partial charge in [-0.1, -0.05) is 29.8 Å². The lowest BCUT2D eigenvalue weighted by Crippen LogP contribution is -2.19. The normalized spacial score (nSPS) is 10.9. The zero-order valence-corrected chi connectivity index (χ0v) is 13.1. The molecular formula is C16H18ClNOS. The highest BCUT2D eigenvalue weighted by molar-refractivity contribution is 7.12. The fraction of sp³-hybridized carbons (Fsp3) is 0.312. The van der Waals surface area contributed by atoms with Gasteiger partial charge in [0.2, 0.25) is 0 Å². The second kappa shape index (κ2) is 7.58. The number of hydrogen-bond donors (Lipinski definition) is 0. The minimum Gasteiger partial charge on any atom is -0.302 e. The molecule has 0 aliphatic heterocycles. The molecular weight excluding hydrogens is 290 g/mol. The summed E-state index contributed by atoms with van der Waals surface area (Å²) in [5.74, 6) is 0.246. The molecule has 0 aliphatic carbocycles. The fourth-order valence-electron chi connectivity index (χ4n) is 2.10. The van der Waals surface area contributed by atoms with Gasteiger partial charge in [0, 0.05) is 18.0 Å². The summed E-state index contributed by atoms with van der Waals surface area (Å²) < 4.78 is 0. The molecule has 0 saturated heterocycles. The van der Waals surface area contributed by atoms with Gasteiger partial charge >= 0.3 is 0 Å². The Hall–Kier alpha value is -1.16. The Kier molecular flexibility index (Phi) is 5.77. The molecule has 2 rings (SSSR count). The van der Waals surface area contributed by atoms with Crippen molar-refractivity contribution in [1.29, 1.82) is 0 Å². The number of hydrogen-bond acceptors (Lipinski definition) is 3. The van der Waals surface area contributed by atoms with Crippen LogP contribution in [0.5, 0.6) is 0 Å². The number of ketones is 1. The van der Waals surface area contributed by atoms with E-state index in [-0.39, 0.29) is 5.78 Å². The maximum absolute atomic E-state index is 11.9. The van der Waals surface area contributed by atoms with Crippen molar-refractivity contribution in [2.45, 2.75) is 19.4 Å². The van der Waals surface area contributed by atoms with E-state index in [1.165, 1.54) is 16.9 Å². The van der Waals surface area contributed by atoms with Gasteiger partial charge in [0.1, 0.15) is 0 Å². The molecule has 4 heteroatoms. The van der Waals surface area contributed by atoms with Crippen molar-refractivity contribution in [2.24, 2.45) is 0 Å². The Morgan fingerprint density at radius 3 is 2.85 bits per heavy atom. The highest BCUT2D eigenvalue weighted by Crippen LogP contribution is 2.14. The second-order valence-electron chi connectivity index (χ2n) is 4.87. The molecule has 0 fully saturated rings. The lowest BCUT2D eigenvalue weighted by Gasteiger charge is -2.16. The summed E-state index contributed by atoms with van der Waals surface area (Å²) in [7, 11) is 2.07. The minimum atomic E-state index is 0.246. The molecule has 1 aromatic carbocycles. The first-order chi connectivity index (χ1) is 9.65. The van der Waals surface area contributed by atoms with E-state index >= 15 is 0 Å². The van der Waals surface area contributed by atoms with E-state index in [1.54, 1.807) is 0 Å². The Balaban J connectivity index is 1.73. The molecule has 0 aliphatic rings. The summed E-state index contributed by atoms with van der Waals surface area (Å²) in [6, 6.07) is 11.7.